The number of anilines is 1. The van der Waals surface area contributed by atoms with Crippen molar-refractivity contribution in [2.45, 2.75) is 26.7 Å². The van der Waals surface area contributed by atoms with Crippen molar-refractivity contribution in [3.63, 3.8) is 0 Å². The summed E-state index contributed by atoms with van der Waals surface area (Å²) in [5, 5.41) is 2.86. The third-order valence-electron chi connectivity index (χ3n) is 3.38. The van der Waals surface area contributed by atoms with Gasteiger partial charge in [-0.2, -0.15) is 0 Å². The second kappa shape index (κ2) is 5.87. The lowest BCUT2D eigenvalue weighted by Crippen LogP contribution is -2.30. The Morgan fingerprint density at radius 3 is 2.53 bits per heavy atom. The molecule has 2 amide bonds. The van der Waals surface area contributed by atoms with Gasteiger partial charge in [-0.3, -0.25) is 9.59 Å². The largest absolute Gasteiger partial charge is 0.339 e. The Kier molecular flexibility index (Phi) is 4.20. The van der Waals surface area contributed by atoms with Crippen LogP contribution in [0.1, 0.15) is 37.0 Å². The van der Waals surface area contributed by atoms with E-state index in [0.717, 1.165) is 12.8 Å². The molecule has 0 unspecified atom stereocenters. The molecule has 0 radical (unpaired) electrons. The summed E-state index contributed by atoms with van der Waals surface area (Å²) < 4.78 is 0. The van der Waals surface area contributed by atoms with Crippen LogP contribution in [0.3, 0.4) is 0 Å². The summed E-state index contributed by atoms with van der Waals surface area (Å²) in [5.41, 5.74) is 1.33. The van der Waals surface area contributed by atoms with E-state index in [9.17, 15) is 9.59 Å². The Labute approximate surface area is 113 Å². The van der Waals surface area contributed by atoms with Crippen molar-refractivity contribution in [2.24, 2.45) is 5.92 Å². The topological polar surface area (TPSA) is 49.4 Å². The van der Waals surface area contributed by atoms with Crippen LogP contribution in [0.15, 0.2) is 24.3 Å². The summed E-state index contributed by atoms with van der Waals surface area (Å²) >= 11 is 0. The fraction of sp³-hybridized carbons (Fsp3) is 0.467. The minimum Gasteiger partial charge on any atom is -0.339 e. The zero-order chi connectivity index (χ0) is 13.8. The smallest absolute Gasteiger partial charge is 0.253 e. The summed E-state index contributed by atoms with van der Waals surface area (Å²) in [7, 11) is 0. The lowest BCUT2D eigenvalue weighted by atomic mass is 10.1. The van der Waals surface area contributed by atoms with Crippen molar-refractivity contribution in [3.8, 4) is 0 Å². The molecule has 0 atom stereocenters. The van der Waals surface area contributed by atoms with Gasteiger partial charge in [0, 0.05) is 30.3 Å². The number of nitrogens with zero attached hydrogens (tertiary/aromatic N) is 1. The highest BCUT2D eigenvalue weighted by molar-refractivity contribution is 5.98. The first-order valence-corrected chi connectivity index (χ1v) is 6.86. The van der Waals surface area contributed by atoms with E-state index in [0.29, 0.717) is 24.3 Å². The van der Waals surface area contributed by atoms with Gasteiger partial charge in [0.1, 0.15) is 0 Å². The van der Waals surface area contributed by atoms with Crippen LogP contribution in [-0.4, -0.2) is 29.8 Å². The Hall–Kier alpha value is -1.84. The predicted octanol–water partition coefficient (Wildman–Crippen LogP) is 2.52. The SMILES string of the molecule is CCN(CC)C(=O)c1cccc(NC(=O)C2CC2)c1. The number of carbonyl (C=O) groups is 2. The molecule has 2 rings (SSSR count). The van der Waals surface area contributed by atoms with Crippen molar-refractivity contribution in [3.05, 3.63) is 29.8 Å². The Morgan fingerprint density at radius 2 is 1.95 bits per heavy atom. The van der Waals surface area contributed by atoms with Gasteiger partial charge in [0.2, 0.25) is 5.91 Å². The molecule has 4 nitrogen and oxygen atoms in total. The Bertz CT molecular complexity index is 477. The van der Waals surface area contributed by atoms with Crippen LogP contribution in [0, 0.1) is 5.92 Å². The van der Waals surface area contributed by atoms with Gasteiger partial charge in [-0.1, -0.05) is 6.07 Å². The van der Waals surface area contributed by atoms with Crippen molar-refractivity contribution >= 4 is 17.5 Å². The van der Waals surface area contributed by atoms with Crippen LogP contribution in [0.5, 0.6) is 0 Å². The summed E-state index contributed by atoms with van der Waals surface area (Å²) in [6, 6.07) is 7.16. The zero-order valence-corrected chi connectivity index (χ0v) is 11.5. The summed E-state index contributed by atoms with van der Waals surface area (Å²) in [6.45, 7) is 5.29. The van der Waals surface area contributed by atoms with Crippen molar-refractivity contribution < 1.29 is 9.59 Å². The molecule has 0 bridgehead atoms. The van der Waals surface area contributed by atoms with E-state index in [1.807, 2.05) is 19.9 Å². The maximum Gasteiger partial charge on any atom is 0.253 e. The third kappa shape index (κ3) is 3.34. The van der Waals surface area contributed by atoms with Crippen LogP contribution >= 0.6 is 0 Å². The van der Waals surface area contributed by atoms with Gasteiger partial charge < -0.3 is 10.2 Å². The molecule has 0 aromatic heterocycles. The molecule has 19 heavy (non-hydrogen) atoms. The van der Waals surface area contributed by atoms with Crippen molar-refractivity contribution in [1.29, 1.82) is 0 Å². The van der Waals surface area contributed by atoms with E-state index < -0.39 is 0 Å². The first-order valence-electron chi connectivity index (χ1n) is 6.86. The van der Waals surface area contributed by atoms with Gasteiger partial charge in [-0.15, -0.1) is 0 Å². The minimum absolute atomic E-state index is 0.00696. The van der Waals surface area contributed by atoms with Crippen molar-refractivity contribution in [1.82, 2.24) is 4.90 Å². The van der Waals surface area contributed by atoms with E-state index in [1.54, 1.807) is 23.1 Å². The maximum absolute atomic E-state index is 12.2. The molecular formula is C15H20N2O2. The standard InChI is InChI=1S/C15H20N2O2/c1-3-17(4-2)15(19)12-6-5-7-13(10-12)16-14(18)11-8-9-11/h5-7,10-11H,3-4,8-9H2,1-2H3,(H,16,18). The van der Waals surface area contributed by atoms with Gasteiger partial charge in [0.05, 0.1) is 0 Å². The minimum atomic E-state index is 0.00696. The van der Waals surface area contributed by atoms with Gasteiger partial charge in [0.15, 0.2) is 0 Å². The molecule has 0 heterocycles. The number of amides is 2. The first-order chi connectivity index (χ1) is 9.15. The molecule has 1 aromatic carbocycles. The molecule has 1 fully saturated rings. The van der Waals surface area contributed by atoms with E-state index >= 15 is 0 Å². The molecule has 102 valence electrons. The van der Waals surface area contributed by atoms with Crippen molar-refractivity contribution in [2.75, 3.05) is 18.4 Å². The second-order valence-corrected chi connectivity index (χ2v) is 4.82. The molecular weight excluding hydrogens is 240 g/mol. The van der Waals surface area contributed by atoms with Crippen LogP contribution in [0.2, 0.25) is 0 Å². The molecule has 1 aliphatic carbocycles. The number of hydrogen-bond donors (Lipinski definition) is 1. The summed E-state index contributed by atoms with van der Waals surface area (Å²) in [6.07, 6.45) is 1.95. The first kappa shape index (κ1) is 13.6. The fourth-order valence-electron chi connectivity index (χ4n) is 2.01. The maximum atomic E-state index is 12.2. The van der Waals surface area contributed by atoms with Crippen LogP contribution < -0.4 is 5.32 Å². The van der Waals surface area contributed by atoms with Crippen LogP contribution in [-0.2, 0) is 4.79 Å². The number of benzene rings is 1. The highest BCUT2D eigenvalue weighted by atomic mass is 16.2. The van der Waals surface area contributed by atoms with Crippen LogP contribution in [0.4, 0.5) is 5.69 Å². The monoisotopic (exact) mass is 260 g/mol. The second-order valence-electron chi connectivity index (χ2n) is 4.82. The predicted molar refractivity (Wildman–Crippen MR) is 75.0 cm³/mol. The Balaban J connectivity index is 2.09. The van der Waals surface area contributed by atoms with E-state index in [4.69, 9.17) is 0 Å². The molecule has 0 saturated heterocycles. The summed E-state index contributed by atoms with van der Waals surface area (Å²) in [5.74, 6) is 0.238. The fourth-order valence-corrected chi connectivity index (χ4v) is 2.01. The molecule has 0 aliphatic heterocycles. The van der Waals surface area contributed by atoms with E-state index in [-0.39, 0.29) is 17.7 Å². The zero-order valence-electron chi connectivity index (χ0n) is 11.5. The number of hydrogen-bond acceptors (Lipinski definition) is 2. The van der Waals surface area contributed by atoms with Gasteiger partial charge in [-0.25, -0.2) is 0 Å². The third-order valence-corrected chi connectivity index (χ3v) is 3.38. The highest BCUT2D eigenvalue weighted by Crippen LogP contribution is 2.30. The average molecular weight is 260 g/mol. The molecule has 4 heteroatoms. The average Bonchev–Trinajstić information content (AvgIpc) is 3.24. The molecule has 1 saturated carbocycles. The number of nitrogens with one attached hydrogen (secondary N) is 1. The molecule has 1 aliphatic rings. The lowest BCUT2D eigenvalue weighted by Gasteiger charge is -2.19. The number of carbonyl (C=O) groups excluding carboxylic acids is 2. The normalized spacial score (nSPS) is 14.0. The molecule has 1 N–H and O–H groups in total. The molecule has 0 spiro atoms. The van der Waals surface area contributed by atoms with Gasteiger partial charge >= 0.3 is 0 Å². The molecule has 1 aromatic rings. The van der Waals surface area contributed by atoms with Gasteiger partial charge in [0.25, 0.3) is 5.91 Å². The lowest BCUT2D eigenvalue weighted by molar-refractivity contribution is -0.117. The van der Waals surface area contributed by atoms with Crippen LogP contribution in [0.25, 0.3) is 0 Å². The summed E-state index contributed by atoms with van der Waals surface area (Å²) in [4.78, 5) is 25.7. The van der Waals surface area contributed by atoms with E-state index in [1.165, 1.54) is 0 Å². The van der Waals surface area contributed by atoms with Gasteiger partial charge in [-0.05, 0) is 44.9 Å². The Morgan fingerprint density at radius 1 is 1.26 bits per heavy atom. The number of rotatable bonds is 5. The highest BCUT2D eigenvalue weighted by Gasteiger charge is 2.29. The van der Waals surface area contributed by atoms with E-state index in [2.05, 4.69) is 5.32 Å². The quantitative estimate of drug-likeness (QED) is 0.884.